The first-order valence-corrected chi connectivity index (χ1v) is 9.02. The van der Waals surface area contributed by atoms with Gasteiger partial charge in [0.1, 0.15) is 11.3 Å². The maximum absolute atomic E-state index is 12.9. The van der Waals surface area contributed by atoms with Crippen LogP contribution in [0, 0.1) is 0 Å². The second-order valence-electron chi connectivity index (χ2n) is 7.52. The van der Waals surface area contributed by atoms with Crippen LogP contribution in [-0.4, -0.2) is 44.0 Å². The SMILES string of the molecule is CC(C)n1cc(C2(O)CCN(C(=O)c3ccc4c(c3)CCC4)C2)nn1. The topological polar surface area (TPSA) is 71.2 Å². The van der Waals surface area contributed by atoms with Gasteiger partial charge >= 0.3 is 0 Å². The van der Waals surface area contributed by atoms with Crippen LogP contribution in [0.25, 0.3) is 0 Å². The van der Waals surface area contributed by atoms with Gasteiger partial charge in [0.05, 0.1) is 12.7 Å². The Morgan fingerprint density at radius 3 is 2.84 bits per heavy atom. The zero-order chi connectivity index (χ0) is 17.6. The van der Waals surface area contributed by atoms with E-state index in [0.717, 1.165) is 18.4 Å². The fourth-order valence-corrected chi connectivity index (χ4v) is 3.81. The monoisotopic (exact) mass is 340 g/mol. The summed E-state index contributed by atoms with van der Waals surface area (Å²) in [4.78, 5) is 14.6. The maximum Gasteiger partial charge on any atom is 0.253 e. The Kier molecular flexibility index (Phi) is 3.87. The molecule has 1 atom stereocenters. The van der Waals surface area contributed by atoms with Crippen molar-refractivity contribution < 1.29 is 9.90 Å². The summed E-state index contributed by atoms with van der Waals surface area (Å²) in [6.07, 6.45) is 5.61. The van der Waals surface area contributed by atoms with Crippen LogP contribution in [0.1, 0.15) is 59.9 Å². The van der Waals surface area contributed by atoms with Gasteiger partial charge in [0, 0.05) is 24.6 Å². The van der Waals surface area contributed by atoms with Crippen LogP contribution < -0.4 is 0 Å². The summed E-state index contributed by atoms with van der Waals surface area (Å²) < 4.78 is 1.73. The molecule has 4 rings (SSSR count). The highest BCUT2D eigenvalue weighted by Gasteiger charge is 2.42. The van der Waals surface area contributed by atoms with E-state index in [0.29, 0.717) is 18.7 Å². The molecule has 0 saturated carbocycles. The highest BCUT2D eigenvalue weighted by atomic mass is 16.3. The number of benzene rings is 1. The first-order valence-electron chi connectivity index (χ1n) is 9.02. The predicted octanol–water partition coefficient (Wildman–Crippen LogP) is 2.08. The molecular formula is C19H24N4O2. The molecule has 132 valence electrons. The summed E-state index contributed by atoms with van der Waals surface area (Å²) in [5, 5.41) is 19.2. The third-order valence-corrected chi connectivity index (χ3v) is 5.40. The Labute approximate surface area is 147 Å². The van der Waals surface area contributed by atoms with Crippen LogP contribution in [0.15, 0.2) is 24.4 Å². The van der Waals surface area contributed by atoms with E-state index in [4.69, 9.17) is 0 Å². The van der Waals surface area contributed by atoms with Gasteiger partial charge < -0.3 is 10.0 Å². The van der Waals surface area contributed by atoms with E-state index >= 15 is 0 Å². The quantitative estimate of drug-likeness (QED) is 0.929. The van der Waals surface area contributed by atoms with E-state index in [1.165, 1.54) is 17.5 Å². The van der Waals surface area contributed by atoms with E-state index in [1.807, 2.05) is 26.0 Å². The Morgan fingerprint density at radius 1 is 1.28 bits per heavy atom. The van der Waals surface area contributed by atoms with Crippen LogP contribution >= 0.6 is 0 Å². The van der Waals surface area contributed by atoms with Crippen LogP contribution in [0.2, 0.25) is 0 Å². The normalized spacial score (nSPS) is 22.6. The molecule has 0 spiro atoms. The van der Waals surface area contributed by atoms with Crippen LogP contribution in [0.3, 0.4) is 0 Å². The Morgan fingerprint density at radius 2 is 2.08 bits per heavy atom. The number of nitrogens with zero attached hydrogens (tertiary/aromatic N) is 4. The van der Waals surface area contributed by atoms with Gasteiger partial charge in [-0.3, -0.25) is 4.79 Å². The smallest absolute Gasteiger partial charge is 0.253 e. The number of hydrogen-bond donors (Lipinski definition) is 1. The van der Waals surface area contributed by atoms with Gasteiger partial charge in [0.25, 0.3) is 5.91 Å². The van der Waals surface area contributed by atoms with E-state index in [-0.39, 0.29) is 18.5 Å². The van der Waals surface area contributed by atoms with Gasteiger partial charge in [-0.1, -0.05) is 11.3 Å². The lowest BCUT2D eigenvalue weighted by molar-refractivity contribution is 0.0381. The van der Waals surface area contributed by atoms with Crippen molar-refractivity contribution in [2.75, 3.05) is 13.1 Å². The molecule has 1 aliphatic carbocycles. The first-order chi connectivity index (χ1) is 12.0. The van der Waals surface area contributed by atoms with Crippen LogP contribution in [0.5, 0.6) is 0 Å². The van der Waals surface area contributed by atoms with Gasteiger partial charge in [0.2, 0.25) is 0 Å². The van der Waals surface area contributed by atoms with Crippen molar-refractivity contribution in [1.29, 1.82) is 0 Å². The lowest BCUT2D eigenvalue weighted by atomic mass is 10.00. The number of aryl methyl sites for hydroxylation is 2. The van der Waals surface area contributed by atoms with Crippen molar-refractivity contribution in [2.24, 2.45) is 0 Å². The number of aromatic nitrogens is 3. The molecule has 6 nitrogen and oxygen atoms in total. The van der Waals surface area contributed by atoms with Gasteiger partial charge in [0.15, 0.2) is 0 Å². The lowest BCUT2D eigenvalue weighted by Crippen LogP contribution is -2.34. The number of aliphatic hydroxyl groups is 1. The summed E-state index contributed by atoms with van der Waals surface area (Å²) in [5.74, 6) is -0.0122. The molecule has 2 aliphatic rings. The fraction of sp³-hybridized carbons (Fsp3) is 0.526. The molecule has 1 aliphatic heterocycles. The molecule has 1 aromatic carbocycles. The maximum atomic E-state index is 12.9. The second kappa shape index (κ2) is 5.95. The third-order valence-electron chi connectivity index (χ3n) is 5.40. The number of carbonyl (C=O) groups is 1. The molecule has 25 heavy (non-hydrogen) atoms. The minimum Gasteiger partial charge on any atom is -0.381 e. The van der Waals surface area contributed by atoms with Crippen molar-refractivity contribution >= 4 is 5.91 Å². The predicted molar refractivity (Wildman–Crippen MR) is 93.3 cm³/mol. The average molecular weight is 340 g/mol. The molecule has 0 bridgehead atoms. The van der Waals surface area contributed by atoms with Crippen LogP contribution in [-0.2, 0) is 18.4 Å². The third kappa shape index (κ3) is 2.84. The molecule has 2 heterocycles. The Balaban J connectivity index is 1.52. The van der Waals surface area contributed by atoms with Crippen molar-refractivity contribution in [1.82, 2.24) is 19.9 Å². The summed E-state index contributed by atoms with van der Waals surface area (Å²) in [7, 11) is 0. The van der Waals surface area contributed by atoms with E-state index < -0.39 is 5.60 Å². The van der Waals surface area contributed by atoms with Crippen molar-refractivity contribution in [3.05, 3.63) is 46.8 Å². The highest BCUT2D eigenvalue weighted by molar-refractivity contribution is 5.94. The van der Waals surface area contributed by atoms with Gasteiger partial charge in [-0.2, -0.15) is 0 Å². The molecule has 1 amide bonds. The molecule has 6 heteroatoms. The number of hydrogen-bond acceptors (Lipinski definition) is 4. The number of fused-ring (bicyclic) bond motifs is 1. The molecule has 1 saturated heterocycles. The van der Waals surface area contributed by atoms with E-state index in [9.17, 15) is 9.90 Å². The van der Waals surface area contributed by atoms with E-state index in [2.05, 4.69) is 16.4 Å². The van der Waals surface area contributed by atoms with Crippen LogP contribution in [0.4, 0.5) is 0 Å². The van der Waals surface area contributed by atoms with Gasteiger partial charge in [-0.25, -0.2) is 4.68 Å². The number of β-amino-alcohol motifs (C(OH)–C–C–N with tert-alkyl or cyclic N) is 1. The number of likely N-dealkylation sites (tertiary alicyclic amines) is 1. The zero-order valence-electron chi connectivity index (χ0n) is 14.8. The van der Waals surface area contributed by atoms with E-state index in [1.54, 1.807) is 15.8 Å². The molecule has 2 aromatic rings. The second-order valence-corrected chi connectivity index (χ2v) is 7.52. The number of carbonyl (C=O) groups excluding carboxylic acids is 1. The number of rotatable bonds is 3. The van der Waals surface area contributed by atoms with Gasteiger partial charge in [-0.05, 0) is 56.4 Å². The summed E-state index contributed by atoms with van der Waals surface area (Å²) in [5.41, 5.74) is 2.81. The molecule has 1 fully saturated rings. The van der Waals surface area contributed by atoms with Gasteiger partial charge in [-0.15, -0.1) is 5.10 Å². The molecule has 1 N–H and O–H groups in total. The largest absolute Gasteiger partial charge is 0.381 e. The number of amides is 1. The molecular weight excluding hydrogens is 316 g/mol. The first kappa shape index (κ1) is 16.3. The Bertz CT molecular complexity index is 814. The average Bonchev–Trinajstić information content (AvgIpc) is 3.32. The van der Waals surface area contributed by atoms with Crippen molar-refractivity contribution in [2.45, 2.75) is 51.2 Å². The summed E-state index contributed by atoms with van der Waals surface area (Å²) >= 11 is 0. The minimum absolute atomic E-state index is 0.0122. The minimum atomic E-state index is -1.11. The standard InChI is InChI=1S/C19H24N4O2/c1-13(2)23-11-17(20-21-23)19(25)8-9-22(12-19)18(24)16-7-6-14-4-3-5-15(14)10-16/h6-7,10-11,13,25H,3-5,8-9,12H2,1-2H3. The fourth-order valence-electron chi connectivity index (χ4n) is 3.81. The summed E-state index contributed by atoms with van der Waals surface area (Å²) in [6.45, 7) is 4.82. The zero-order valence-corrected chi connectivity index (χ0v) is 14.8. The summed E-state index contributed by atoms with van der Waals surface area (Å²) in [6, 6.07) is 6.21. The molecule has 0 radical (unpaired) electrons. The molecule has 1 aromatic heterocycles. The lowest BCUT2D eigenvalue weighted by Gasteiger charge is -2.21. The van der Waals surface area contributed by atoms with Crippen molar-refractivity contribution in [3.8, 4) is 0 Å². The highest BCUT2D eigenvalue weighted by Crippen LogP contribution is 2.32. The van der Waals surface area contributed by atoms with Crippen molar-refractivity contribution in [3.63, 3.8) is 0 Å². The molecule has 1 unspecified atom stereocenters. The Hall–Kier alpha value is -2.21.